The zero-order valence-corrected chi connectivity index (χ0v) is 12.5. The Morgan fingerprint density at radius 1 is 1.30 bits per heavy atom. The number of benzene rings is 1. The van der Waals surface area contributed by atoms with Crippen LogP contribution >= 0.6 is 12.4 Å². The van der Waals surface area contributed by atoms with Gasteiger partial charge in [-0.25, -0.2) is 0 Å². The third kappa shape index (κ3) is 5.00. The minimum atomic E-state index is -0.0298. The molecule has 1 aliphatic heterocycles. The van der Waals surface area contributed by atoms with E-state index in [4.69, 9.17) is 4.74 Å². The van der Waals surface area contributed by atoms with Crippen LogP contribution in [0.15, 0.2) is 24.3 Å². The number of nitrogens with zero attached hydrogens (tertiary/aromatic N) is 1. The molecule has 1 amide bonds. The number of nitrogens with one attached hydrogen (secondary N) is 2. The largest absolute Gasteiger partial charge is 0.497 e. The van der Waals surface area contributed by atoms with Gasteiger partial charge in [-0.3, -0.25) is 9.69 Å². The van der Waals surface area contributed by atoms with Crippen molar-refractivity contribution in [3.8, 4) is 5.75 Å². The summed E-state index contributed by atoms with van der Waals surface area (Å²) in [6, 6.07) is 7.15. The Morgan fingerprint density at radius 2 is 1.95 bits per heavy atom. The number of carbonyl (C=O) groups excluding carboxylic acids is 1. The topological polar surface area (TPSA) is 53.6 Å². The van der Waals surface area contributed by atoms with Crippen LogP contribution in [0.25, 0.3) is 0 Å². The fraction of sp³-hybridized carbons (Fsp3) is 0.500. The maximum atomic E-state index is 11.9. The van der Waals surface area contributed by atoms with Gasteiger partial charge >= 0.3 is 0 Å². The van der Waals surface area contributed by atoms with Crippen LogP contribution in [0.5, 0.6) is 5.75 Å². The second-order valence-corrected chi connectivity index (χ2v) is 4.58. The minimum absolute atomic E-state index is 0. The molecule has 0 unspecified atom stereocenters. The zero-order chi connectivity index (χ0) is 13.5. The lowest BCUT2D eigenvalue weighted by Crippen LogP contribution is -2.46. The van der Waals surface area contributed by atoms with Crippen molar-refractivity contribution in [2.75, 3.05) is 46.4 Å². The number of carbonyl (C=O) groups is 1. The maximum Gasteiger partial charge on any atom is 0.251 e. The highest BCUT2D eigenvalue weighted by Gasteiger charge is 2.10. The second-order valence-electron chi connectivity index (χ2n) is 4.58. The van der Waals surface area contributed by atoms with E-state index in [2.05, 4.69) is 15.5 Å². The van der Waals surface area contributed by atoms with Gasteiger partial charge in [0.1, 0.15) is 5.75 Å². The third-order valence-electron chi connectivity index (χ3n) is 3.28. The quantitative estimate of drug-likeness (QED) is 0.842. The number of methoxy groups -OCH3 is 1. The molecule has 1 heterocycles. The molecule has 112 valence electrons. The normalized spacial score (nSPS) is 15.2. The van der Waals surface area contributed by atoms with Crippen molar-refractivity contribution in [2.24, 2.45) is 0 Å². The Labute approximate surface area is 126 Å². The van der Waals surface area contributed by atoms with Crippen LogP contribution in [-0.2, 0) is 0 Å². The molecule has 1 aromatic carbocycles. The lowest BCUT2D eigenvalue weighted by molar-refractivity contribution is 0.0947. The van der Waals surface area contributed by atoms with Gasteiger partial charge in [-0.15, -0.1) is 12.4 Å². The number of halogens is 1. The summed E-state index contributed by atoms with van der Waals surface area (Å²) in [5.74, 6) is 0.732. The van der Waals surface area contributed by atoms with E-state index in [1.807, 2.05) is 0 Å². The van der Waals surface area contributed by atoms with Gasteiger partial charge in [-0.05, 0) is 24.3 Å². The average Bonchev–Trinajstić information content (AvgIpc) is 2.48. The van der Waals surface area contributed by atoms with Gasteiger partial charge in [0, 0.05) is 44.8 Å². The molecule has 0 spiro atoms. The molecule has 1 fully saturated rings. The molecule has 0 aliphatic carbocycles. The van der Waals surface area contributed by atoms with Gasteiger partial charge in [-0.1, -0.05) is 0 Å². The molecule has 1 saturated heterocycles. The molecule has 2 N–H and O–H groups in total. The van der Waals surface area contributed by atoms with Crippen LogP contribution in [0, 0.1) is 0 Å². The van der Waals surface area contributed by atoms with Crippen LogP contribution in [0.2, 0.25) is 0 Å². The Morgan fingerprint density at radius 3 is 2.55 bits per heavy atom. The van der Waals surface area contributed by atoms with Crippen LogP contribution in [0.3, 0.4) is 0 Å². The van der Waals surface area contributed by atoms with E-state index in [0.717, 1.165) is 38.5 Å². The van der Waals surface area contributed by atoms with Crippen LogP contribution in [0.1, 0.15) is 10.4 Å². The van der Waals surface area contributed by atoms with Crippen LogP contribution in [0.4, 0.5) is 0 Å². The van der Waals surface area contributed by atoms with E-state index < -0.39 is 0 Å². The fourth-order valence-electron chi connectivity index (χ4n) is 2.11. The Balaban J connectivity index is 0.00000200. The van der Waals surface area contributed by atoms with E-state index in [-0.39, 0.29) is 18.3 Å². The number of piperazine rings is 1. The van der Waals surface area contributed by atoms with Crippen molar-refractivity contribution in [1.29, 1.82) is 0 Å². The van der Waals surface area contributed by atoms with Crippen LogP contribution in [-0.4, -0.2) is 57.2 Å². The summed E-state index contributed by atoms with van der Waals surface area (Å²) in [4.78, 5) is 14.3. The van der Waals surface area contributed by atoms with E-state index >= 15 is 0 Å². The smallest absolute Gasteiger partial charge is 0.251 e. The number of ether oxygens (including phenoxy) is 1. The molecular weight excluding hydrogens is 278 g/mol. The summed E-state index contributed by atoms with van der Waals surface area (Å²) >= 11 is 0. The Bertz CT molecular complexity index is 405. The lowest BCUT2D eigenvalue weighted by atomic mass is 10.2. The number of hydrogen-bond acceptors (Lipinski definition) is 4. The fourth-order valence-corrected chi connectivity index (χ4v) is 2.11. The molecular formula is C14H22ClN3O2. The summed E-state index contributed by atoms with van der Waals surface area (Å²) in [5, 5.41) is 6.25. The number of rotatable bonds is 5. The van der Waals surface area contributed by atoms with E-state index in [1.165, 1.54) is 0 Å². The molecule has 20 heavy (non-hydrogen) atoms. The molecule has 0 bridgehead atoms. The van der Waals surface area contributed by atoms with Crippen LogP contribution < -0.4 is 15.4 Å². The highest BCUT2D eigenvalue weighted by Crippen LogP contribution is 2.10. The van der Waals surface area contributed by atoms with Gasteiger partial charge in [0.15, 0.2) is 0 Å². The first-order chi connectivity index (χ1) is 9.29. The average molecular weight is 300 g/mol. The Hall–Kier alpha value is -1.30. The first-order valence-corrected chi connectivity index (χ1v) is 6.65. The van der Waals surface area contributed by atoms with Gasteiger partial charge in [-0.2, -0.15) is 0 Å². The second kappa shape index (κ2) is 8.79. The van der Waals surface area contributed by atoms with Gasteiger partial charge < -0.3 is 15.4 Å². The third-order valence-corrected chi connectivity index (χ3v) is 3.28. The molecule has 0 atom stereocenters. The maximum absolute atomic E-state index is 11.9. The van der Waals surface area contributed by atoms with Crippen molar-refractivity contribution in [2.45, 2.75) is 0 Å². The first kappa shape index (κ1) is 16.8. The number of amides is 1. The summed E-state index contributed by atoms with van der Waals surface area (Å²) in [6.45, 7) is 5.77. The van der Waals surface area contributed by atoms with Crippen molar-refractivity contribution in [3.63, 3.8) is 0 Å². The van der Waals surface area contributed by atoms with Crippen molar-refractivity contribution < 1.29 is 9.53 Å². The predicted molar refractivity (Wildman–Crippen MR) is 81.9 cm³/mol. The Kier molecular flexibility index (Phi) is 7.36. The molecule has 6 heteroatoms. The molecule has 1 aliphatic rings. The molecule has 2 rings (SSSR count). The zero-order valence-electron chi connectivity index (χ0n) is 11.7. The van der Waals surface area contributed by atoms with Crippen molar-refractivity contribution >= 4 is 18.3 Å². The summed E-state index contributed by atoms with van der Waals surface area (Å²) in [7, 11) is 1.61. The standard InChI is InChI=1S/C14H21N3O2.ClH/c1-19-13-4-2-12(3-5-13)14(18)16-8-11-17-9-6-15-7-10-17;/h2-5,15H,6-11H2,1H3,(H,16,18);1H. The summed E-state index contributed by atoms with van der Waals surface area (Å²) in [6.07, 6.45) is 0. The van der Waals surface area contributed by atoms with Crippen molar-refractivity contribution in [1.82, 2.24) is 15.5 Å². The lowest BCUT2D eigenvalue weighted by Gasteiger charge is -2.27. The summed E-state index contributed by atoms with van der Waals surface area (Å²) in [5.41, 5.74) is 0.668. The van der Waals surface area contributed by atoms with Crippen molar-refractivity contribution in [3.05, 3.63) is 29.8 Å². The summed E-state index contributed by atoms with van der Waals surface area (Å²) < 4.78 is 5.07. The monoisotopic (exact) mass is 299 g/mol. The molecule has 5 nitrogen and oxygen atoms in total. The molecule has 0 aromatic heterocycles. The molecule has 0 radical (unpaired) electrons. The van der Waals surface area contributed by atoms with E-state index in [9.17, 15) is 4.79 Å². The molecule has 0 saturated carbocycles. The first-order valence-electron chi connectivity index (χ1n) is 6.65. The van der Waals surface area contributed by atoms with Gasteiger partial charge in [0.25, 0.3) is 5.91 Å². The SMILES string of the molecule is COc1ccc(C(=O)NCCN2CCNCC2)cc1.Cl. The van der Waals surface area contributed by atoms with Gasteiger partial charge in [0.05, 0.1) is 7.11 Å². The highest BCUT2D eigenvalue weighted by atomic mass is 35.5. The molecule has 1 aromatic rings. The van der Waals surface area contributed by atoms with E-state index in [1.54, 1.807) is 31.4 Å². The van der Waals surface area contributed by atoms with Gasteiger partial charge in [0.2, 0.25) is 0 Å². The predicted octanol–water partition coefficient (Wildman–Crippen LogP) is 0.752. The number of hydrogen-bond donors (Lipinski definition) is 2. The highest BCUT2D eigenvalue weighted by molar-refractivity contribution is 5.94. The minimum Gasteiger partial charge on any atom is -0.497 e. The van der Waals surface area contributed by atoms with E-state index in [0.29, 0.717) is 12.1 Å².